The van der Waals surface area contributed by atoms with Gasteiger partial charge in [0.15, 0.2) is 0 Å². The van der Waals surface area contributed by atoms with Gasteiger partial charge in [-0.3, -0.25) is 0 Å². The van der Waals surface area contributed by atoms with Crippen LogP contribution in [0.5, 0.6) is 0 Å². The summed E-state index contributed by atoms with van der Waals surface area (Å²) < 4.78 is 23.5. The zero-order valence-corrected chi connectivity index (χ0v) is 14.9. The number of hydrogen-bond acceptors (Lipinski definition) is 4. The van der Waals surface area contributed by atoms with Gasteiger partial charge in [0.2, 0.25) is 0 Å². The lowest BCUT2D eigenvalue weighted by atomic mass is 9.64. The highest BCUT2D eigenvalue weighted by molar-refractivity contribution is 6.62. The molecule has 5 heteroatoms. The molecule has 124 valence electrons. The molecule has 1 aliphatic heterocycles. The second-order valence-electron chi connectivity index (χ2n) is 8.22. The number of epoxide rings is 1. The molecule has 0 aromatic heterocycles. The highest BCUT2D eigenvalue weighted by Crippen LogP contribution is 2.71. The van der Waals surface area contributed by atoms with Crippen LogP contribution in [0.1, 0.15) is 32.1 Å². The molecule has 0 radical (unpaired) electrons. The molecule has 0 aromatic carbocycles. The fraction of sp³-hybridized carbons (Fsp3) is 1.00. The van der Waals surface area contributed by atoms with Crippen LogP contribution >= 0.6 is 0 Å². The lowest BCUT2D eigenvalue weighted by Gasteiger charge is -2.43. The predicted octanol–water partition coefficient (Wildman–Crippen LogP) is 2.70. The molecule has 5 rings (SSSR count). The molecular formula is C17H28O4Si. The maximum atomic E-state index is 5.87. The second kappa shape index (κ2) is 4.79. The van der Waals surface area contributed by atoms with Crippen molar-refractivity contribution < 1.29 is 18.0 Å². The van der Waals surface area contributed by atoms with Gasteiger partial charge in [0.05, 0.1) is 12.2 Å². The van der Waals surface area contributed by atoms with E-state index in [0.29, 0.717) is 17.7 Å². The van der Waals surface area contributed by atoms with E-state index >= 15 is 0 Å². The summed E-state index contributed by atoms with van der Waals surface area (Å²) in [6.45, 7) is 0. The molecule has 1 saturated heterocycles. The molecular weight excluding hydrogens is 296 g/mol. The van der Waals surface area contributed by atoms with Crippen molar-refractivity contribution >= 4 is 8.80 Å². The molecule has 9 unspecified atom stereocenters. The van der Waals surface area contributed by atoms with Gasteiger partial charge in [-0.15, -0.1) is 0 Å². The molecule has 5 aliphatic rings. The summed E-state index contributed by atoms with van der Waals surface area (Å²) in [5.74, 6) is 5.38. The minimum Gasteiger partial charge on any atom is -0.377 e. The summed E-state index contributed by atoms with van der Waals surface area (Å²) in [5.41, 5.74) is 0.520. The van der Waals surface area contributed by atoms with E-state index in [1.807, 2.05) is 0 Å². The summed E-state index contributed by atoms with van der Waals surface area (Å²) in [6.07, 6.45) is 7.98. The van der Waals surface area contributed by atoms with E-state index in [1.54, 1.807) is 21.3 Å². The van der Waals surface area contributed by atoms with E-state index in [-0.39, 0.29) is 0 Å². The zero-order valence-electron chi connectivity index (χ0n) is 13.9. The third kappa shape index (κ3) is 1.67. The van der Waals surface area contributed by atoms with Crippen LogP contribution in [-0.4, -0.2) is 42.3 Å². The highest BCUT2D eigenvalue weighted by Gasteiger charge is 2.69. The van der Waals surface area contributed by atoms with Crippen LogP contribution in [0.15, 0.2) is 0 Å². The summed E-state index contributed by atoms with van der Waals surface area (Å²) in [4.78, 5) is 0. The van der Waals surface area contributed by atoms with Crippen molar-refractivity contribution in [3.05, 3.63) is 0 Å². The lowest BCUT2D eigenvalue weighted by Crippen LogP contribution is -2.51. The second-order valence-corrected chi connectivity index (χ2v) is 11.4. The van der Waals surface area contributed by atoms with Crippen LogP contribution in [-0.2, 0) is 18.0 Å². The van der Waals surface area contributed by atoms with Gasteiger partial charge >= 0.3 is 8.80 Å². The van der Waals surface area contributed by atoms with Crippen molar-refractivity contribution in [2.75, 3.05) is 21.3 Å². The first-order chi connectivity index (χ1) is 10.7. The molecule has 2 bridgehead atoms. The Balaban J connectivity index is 1.44. The van der Waals surface area contributed by atoms with Crippen molar-refractivity contribution in [2.24, 2.45) is 35.5 Å². The fourth-order valence-corrected chi connectivity index (χ4v) is 10.2. The molecule has 0 aromatic rings. The molecule has 4 saturated carbocycles. The van der Waals surface area contributed by atoms with Gasteiger partial charge in [-0.25, -0.2) is 0 Å². The van der Waals surface area contributed by atoms with Gasteiger partial charge < -0.3 is 18.0 Å². The molecule has 0 spiro atoms. The lowest BCUT2D eigenvalue weighted by molar-refractivity contribution is 0.0617. The standard InChI is InChI=1S/C17H28O4Si/c1-18-22(19-2,20-3)16-5-4-9-10-6-13(17(9)16)12-8-15-14(21-15)7-11(10)12/h9-17H,4-8H2,1-3H3. The quantitative estimate of drug-likeness (QED) is 0.589. The van der Waals surface area contributed by atoms with E-state index < -0.39 is 8.80 Å². The topological polar surface area (TPSA) is 40.2 Å². The molecule has 5 fully saturated rings. The number of ether oxygens (including phenoxy) is 1. The largest absolute Gasteiger partial charge is 0.503 e. The number of hydrogen-bond donors (Lipinski definition) is 0. The predicted molar refractivity (Wildman–Crippen MR) is 83.2 cm³/mol. The minimum absolute atomic E-state index is 0.520. The third-order valence-electron chi connectivity index (χ3n) is 8.01. The zero-order chi connectivity index (χ0) is 15.1. The maximum absolute atomic E-state index is 5.87. The Morgan fingerprint density at radius 3 is 1.95 bits per heavy atom. The van der Waals surface area contributed by atoms with Crippen molar-refractivity contribution in [3.63, 3.8) is 0 Å². The molecule has 1 heterocycles. The first-order valence-corrected chi connectivity index (χ1v) is 10.8. The highest BCUT2D eigenvalue weighted by atomic mass is 28.4. The Hall–Kier alpha value is 0.0569. The Kier molecular flexibility index (Phi) is 3.14. The van der Waals surface area contributed by atoms with Crippen LogP contribution < -0.4 is 0 Å². The number of rotatable bonds is 4. The van der Waals surface area contributed by atoms with E-state index in [9.17, 15) is 0 Å². The fourth-order valence-electron chi connectivity index (χ4n) is 7.35. The van der Waals surface area contributed by atoms with Gasteiger partial charge in [-0.1, -0.05) is 0 Å². The average molecular weight is 324 g/mol. The van der Waals surface area contributed by atoms with Gasteiger partial charge in [0.25, 0.3) is 0 Å². The summed E-state index contributed by atoms with van der Waals surface area (Å²) in [5, 5.41) is 0. The Bertz CT molecular complexity index is 457. The van der Waals surface area contributed by atoms with Crippen LogP contribution in [0.2, 0.25) is 5.54 Å². The molecule has 9 atom stereocenters. The summed E-state index contributed by atoms with van der Waals surface area (Å²) in [6, 6.07) is 0. The van der Waals surface area contributed by atoms with Crippen LogP contribution in [0, 0.1) is 35.5 Å². The molecule has 0 amide bonds. The summed E-state index contributed by atoms with van der Waals surface area (Å²) >= 11 is 0. The first-order valence-electron chi connectivity index (χ1n) is 9.03. The molecule has 22 heavy (non-hydrogen) atoms. The van der Waals surface area contributed by atoms with Crippen molar-refractivity contribution in [1.82, 2.24) is 0 Å². The average Bonchev–Trinajstić information content (AvgIpc) is 2.87. The van der Waals surface area contributed by atoms with Crippen LogP contribution in [0.25, 0.3) is 0 Å². The van der Waals surface area contributed by atoms with E-state index in [4.69, 9.17) is 18.0 Å². The van der Waals surface area contributed by atoms with Gasteiger partial charge in [0.1, 0.15) is 0 Å². The normalized spacial score (nSPS) is 55.0. The van der Waals surface area contributed by atoms with Gasteiger partial charge in [-0.2, -0.15) is 0 Å². The first kappa shape index (κ1) is 14.4. The number of fused-ring (bicyclic) bond motifs is 9. The Morgan fingerprint density at radius 1 is 0.727 bits per heavy atom. The minimum atomic E-state index is -2.50. The third-order valence-corrected chi connectivity index (χ3v) is 11.3. The van der Waals surface area contributed by atoms with Gasteiger partial charge in [0, 0.05) is 26.9 Å². The van der Waals surface area contributed by atoms with E-state index in [2.05, 4.69) is 0 Å². The monoisotopic (exact) mass is 324 g/mol. The smallest absolute Gasteiger partial charge is 0.377 e. The summed E-state index contributed by atoms with van der Waals surface area (Å²) in [7, 11) is 2.85. The van der Waals surface area contributed by atoms with Crippen LogP contribution in [0.3, 0.4) is 0 Å². The molecule has 4 aliphatic carbocycles. The Labute approximate surface area is 134 Å². The van der Waals surface area contributed by atoms with E-state index in [1.165, 1.54) is 32.1 Å². The van der Waals surface area contributed by atoms with Gasteiger partial charge in [-0.05, 0) is 67.6 Å². The van der Waals surface area contributed by atoms with E-state index in [0.717, 1.165) is 35.5 Å². The van der Waals surface area contributed by atoms with Crippen molar-refractivity contribution in [3.8, 4) is 0 Å². The maximum Gasteiger partial charge on any atom is 0.503 e. The van der Waals surface area contributed by atoms with Crippen molar-refractivity contribution in [2.45, 2.75) is 49.9 Å². The Morgan fingerprint density at radius 2 is 1.32 bits per heavy atom. The van der Waals surface area contributed by atoms with Crippen LogP contribution in [0.4, 0.5) is 0 Å². The SMILES string of the molecule is CO[Si](OC)(OC)C1CCC2C3CC(C4CC5OC5CC34)C21. The van der Waals surface area contributed by atoms with Crippen molar-refractivity contribution in [1.29, 1.82) is 0 Å². The molecule has 4 nitrogen and oxygen atoms in total. The molecule has 0 N–H and O–H groups in total.